The van der Waals surface area contributed by atoms with Crippen LogP contribution in [0.4, 0.5) is 4.79 Å². The number of urea groups is 1. The first kappa shape index (κ1) is 16.8. The molecule has 1 aliphatic carbocycles. The maximum Gasteiger partial charge on any atom is 0.332 e. The Bertz CT molecular complexity index is 853. The molecule has 6 nitrogen and oxygen atoms in total. The Hall–Kier alpha value is -2.63. The minimum Gasteiger partial charge on any atom is -0.366 e. The van der Waals surface area contributed by atoms with Crippen LogP contribution in [0.15, 0.2) is 40.6 Å². The van der Waals surface area contributed by atoms with Gasteiger partial charge in [0, 0.05) is 25.1 Å². The quantitative estimate of drug-likeness (QED) is 0.762. The molecule has 4 rings (SSSR count). The zero-order chi connectivity index (χ0) is 18.5. The van der Waals surface area contributed by atoms with Gasteiger partial charge in [0.05, 0.1) is 17.3 Å². The molecule has 0 saturated carbocycles. The standard InChI is InChI=1S/C20H24N4O2/c1-20(2)10-16-18(17(25)11-20)14(22-23-19(21)26)9-15-13-6-4-3-5-12(13)7-8-24(15)16/h3-6,15H,7-11H2,1-2H3,(H3,21,23,26)/t15-/m0/s1. The number of hydrogen-bond donors (Lipinski definition) is 2. The van der Waals surface area contributed by atoms with Crippen molar-refractivity contribution in [3.63, 3.8) is 0 Å². The number of hydrazone groups is 1. The van der Waals surface area contributed by atoms with Crippen molar-refractivity contribution in [1.82, 2.24) is 10.3 Å². The Morgan fingerprint density at radius 3 is 2.85 bits per heavy atom. The molecule has 1 aromatic carbocycles. The van der Waals surface area contributed by atoms with Crippen molar-refractivity contribution in [2.45, 2.75) is 45.6 Å². The molecule has 136 valence electrons. The van der Waals surface area contributed by atoms with Crippen LogP contribution in [0.25, 0.3) is 0 Å². The third-order valence-electron chi connectivity index (χ3n) is 5.59. The summed E-state index contributed by atoms with van der Waals surface area (Å²) < 4.78 is 0. The molecule has 2 heterocycles. The molecule has 26 heavy (non-hydrogen) atoms. The van der Waals surface area contributed by atoms with Crippen LogP contribution in [0.2, 0.25) is 0 Å². The summed E-state index contributed by atoms with van der Waals surface area (Å²) in [6.45, 7) is 5.17. The molecule has 0 unspecified atom stereocenters. The predicted molar refractivity (Wildman–Crippen MR) is 99.4 cm³/mol. The van der Waals surface area contributed by atoms with Gasteiger partial charge < -0.3 is 10.6 Å². The van der Waals surface area contributed by atoms with Crippen molar-refractivity contribution in [1.29, 1.82) is 0 Å². The molecule has 2 amide bonds. The molecule has 0 aromatic heterocycles. The van der Waals surface area contributed by atoms with E-state index in [0.29, 0.717) is 24.1 Å². The highest BCUT2D eigenvalue weighted by atomic mass is 16.2. The van der Waals surface area contributed by atoms with Crippen molar-refractivity contribution in [2.24, 2.45) is 16.3 Å². The lowest BCUT2D eigenvalue weighted by molar-refractivity contribution is -0.118. The van der Waals surface area contributed by atoms with Crippen LogP contribution in [0.3, 0.4) is 0 Å². The summed E-state index contributed by atoms with van der Waals surface area (Å²) >= 11 is 0. The summed E-state index contributed by atoms with van der Waals surface area (Å²) in [6, 6.07) is 7.89. The third-order valence-corrected chi connectivity index (χ3v) is 5.59. The number of nitrogens with zero attached hydrogens (tertiary/aromatic N) is 2. The number of rotatable bonds is 1. The van der Waals surface area contributed by atoms with E-state index in [9.17, 15) is 9.59 Å². The minimum atomic E-state index is -0.713. The molecule has 1 atom stereocenters. The van der Waals surface area contributed by atoms with Crippen molar-refractivity contribution < 1.29 is 9.59 Å². The second-order valence-electron chi connectivity index (χ2n) is 8.16. The molecule has 0 saturated heterocycles. The molecule has 3 aliphatic rings. The monoisotopic (exact) mass is 352 g/mol. The van der Waals surface area contributed by atoms with Gasteiger partial charge in [-0.15, -0.1) is 0 Å². The molecule has 2 aliphatic heterocycles. The summed E-state index contributed by atoms with van der Waals surface area (Å²) in [5, 5.41) is 4.22. The first-order chi connectivity index (χ1) is 12.4. The number of hydrogen-bond acceptors (Lipinski definition) is 4. The lowest BCUT2D eigenvalue weighted by Crippen LogP contribution is -2.46. The topological polar surface area (TPSA) is 87.8 Å². The van der Waals surface area contributed by atoms with Crippen LogP contribution < -0.4 is 11.2 Å². The van der Waals surface area contributed by atoms with Gasteiger partial charge in [-0.3, -0.25) is 4.79 Å². The maximum atomic E-state index is 12.9. The van der Waals surface area contributed by atoms with E-state index in [-0.39, 0.29) is 17.2 Å². The molecule has 0 bridgehead atoms. The number of allylic oxidation sites excluding steroid dienone is 2. The van der Waals surface area contributed by atoms with E-state index in [4.69, 9.17) is 5.73 Å². The van der Waals surface area contributed by atoms with Gasteiger partial charge in [0.25, 0.3) is 0 Å². The van der Waals surface area contributed by atoms with Crippen molar-refractivity contribution in [3.05, 3.63) is 46.7 Å². The largest absolute Gasteiger partial charge is 0.366 e. The van der Waals surface area contributed by atoms with E-state index in [1.807, 2.05) is 0 Å². The van der Waals surface area contributed by atoms with Crippen LogP contribution in [-0.4, -0.2) is 29.0 Å². The van der Waals surface area contributed by atoms with Crippen molar-refractivity contribution >= 4 is 17.5 Å². The normalized spacial score (nSPS) is 25.5. The fourth-order valence-electron chi connectivity index (χ4n) is 4.56. The summed E-state index contributed by atoms with van der Waals surface area (Å²) in [5.41, 5.74) is 12.5. The Balaban J connectivity index is 1.84. The van der Waals surface area contributed by atoms with Gasteiger partial charge in [-0.25, -0.2) is 10.2 Å². The Morgan fingerprint density at radius 1 is 1.31 bits per heavy atom. The Labute approximate surface area is 153 Å². The molecule has 6 heteroatoms. The van der Waals surface area contributed by atoms with Gasteiger partial charge in [-0.05, 0) is 29.4 Å². The van der Waals surface area contributed by atoms with Gasteiger partial charge in [0.1, 0.15) is 0 Å². The number of carbonyl (C=O) groups is 2. The molecule has 0 spiro atoms. The molecular weight excluding hydrogens is 328 g/mol. The number of ketones is 1. The van der Waals surface area contributed by atoms with E-state index < -0.39 is 6.03 Å². The van der Waals surface area contributed by atoms with E-state index in [0.717, 1.165) is 25.1 Å². The molecule has 0 fully saturated rings. The van der Waals surface area contributed by atoms with Gasteiger partial charge in [0.2, 0.25) is 0 Å². The Morgan fingerprint density at radius 2 is 2.08 bits per heavy atom. The first-order valence-corrected chi connectivity index (χ1v) is 9.09. The number of fused-ring (bicyclic) bond motifs is 4. The minimum absolute atomic E-state index is 0.0724. The smallest absolute Gasteiger partial charge is 0.332 e. The van der Waals surface area contributed by atoms with Crippen LogP contribution >= 0.6 is 0 Å². The first-order valence-electron chi connectivity index (χ1n) is 9.09. The van der Waals surface area contributed by atoms with Crippen molar-refractivity contribution in [2.75, 3.05) is 6.54 Å². The number of nitrogens with two attached hydrogens (primary N) is 1. The lowest BCUT2D eigenvalue weighted by atomic mass is 9.71. The number of benzene rings is 1. The number of amides is 2. The van der Waals surface area contributed by atoms with Gasteiger partial charge in [-0.1, -0.05) is 38.1 Å². The maximum absolute atomic E-state index is 12.9. The summed E-state index contributed by atoms with van der Waals surface area (Å²) in [5.74, 6) is 0.110. The van der Waals surface area contributed by atoms with Crippen LogP contribution in [0.5, 0.6) is 0 Å². The summed E-state index contributed by atoms with van der Waals surface area (Å²) in [7, 11) is 0. The summed E-state index contributed by atoms with van der Waals surface area (Å²) in [4.78, 5) is 26.5. The molecular formula is C20H24N4O2. The van der Waals surface area contributed by atoms with Crippen LogP contribution in [0.1, 0.15) is 50.3 Å². The van der Waals surface area contributed by atoms with E-state index >= 15 is 0 Å². The van der Waals surface area contributed by atoms with E-state index in [2.05, 4.69) is 53.5 Å². The molecule has 1 aromatic rings. The average Bonchev–Trinajstić information content (AvgIpc) is 2.58. The third kappa shape index (κ3) is 2.79. The number of Topliss-reactive ketones (excluding diaryl/α,β-unsaturated/α-hetero) is 1. The number of nitrogens with one attached hydrogen (secondary N) is 1. The van der Waals surface area contributed by atoms with Crippen LogP contribution in [0, 0.1) is 5.41 Å². The van der Waals surface area contributed by atoms with E-state index in [1.54, 1.807) is 0 Å². The zero-order valence-electron chi connectivity index (χ0n) is 15.2. The zero-order valence-corrected chi connectivity index (χ0v) is 15.2. The van der Waals surface area contributed by atoms with Gasteiger partial charge >= 0.3 is 6.03 Å². The SMILES string of the molecule is CC1(C)CC(=O)C2=C(C1)N1CCc3ccccc3[C@@H]1CC2=NNC(N)=O. The summed E-state index contributed by atoms with van der Waals surface area (Å²) in [6.07, 6.45) is 2.91. The fourth-order valence-corrected chi connectivity index (χ4v) is 4.56. The van der Waals surface area contributed by atoms with Crippen LogP contribution in [-0.2, 0) is 11.2 Å². The second-order valence-corrected chi connectivity index (χ2v) is 8.16. The number of primary amides is 1. The highest BCUT2D eigenvalue weighted by molar-refractivity contribution is 6.24. The van der Waals surface area contributed by atoms with Crippen molar-refractivity contribution in [3.8, 4) is 0 Å². The second kappa shape index (κ2) is 5.97. The van der Waals surface area contributed by atoms with E-state index in [1.165, 1.54) is 11.1 Å². The number of carbonyl (C=O) groups excluding carboxylic acids is 2. The Kier molecular flexibility index (Phi) is 3.86. The van der Waals surface area contributed by atoms with Gasteiger partial charge in [-0.2, -0.15) is 5.10 Å². The average molecular weight is 352 g/mol. The lowest BCUT2D eigenvalue weighted by Gasteiger charge is -2.48. The molecule has 0 radical (unpaired) electrons. The fraction of sp³-hybridized carbons (Fsp3) is 0.450. The van der Waals surface area contributed by atoms with Gasteiger partial charge in [0.15, 0.2) is 5.78 Å². The highest BCUT2D eigenvalue weighted by Gasteiger charge is 2.44. The highest BCUT2D eigenvalue weighted by Crippen LogP contribution is 2.47. The molecule has 3 N–H and O–H groups in total. The predicted octanol–water partition coefficient (Wildman–Crippen LogP) is 2.66.